The molecule has 0 radical (unpaired) electrons. The third kappa shape index (κ3) is 9.88. The number of amides is 1. The van der Waals surface area contributed by atoms with Gasteiger partial charge in [-0.1, -0.05) is 0 Å². The summed E-state index contributed by atoms with van der Waals surface area (Å²) in [5.41, 5.74) is 0. The van der Waals surface area contributed by atoms with Crippen molar-refractivity contribution in [1.29, 1.82) is 0 Å². The number of aliphatic hydroxyl groups excluding tert-OH is 2. The molecule has 0 fully saturated rings. The lowest BCUT2D eigenvalue weighted by atomic mass is 10.3. The van der Waals surface area contributed by atoms with Crippen molar-refractivity contribution in [2.24, 2.45) is 4.99 Å². The van der Waals surface area contributed by atoms with Gasteiger partial charge < -0.3 is 25.0 Å². The van der Waals surface area contributed by atoms with Crippen LogP contribution in [0.25, 0.3) is 0 Å². The maximum Gasteiger partial charge on any atom is 0.241 e. The number of hydrogen-bond donors (Lipinski definition) is 3. The molecule has 0 saturated carbocycles. The molecule has 1 atom stereocenters. The van der Waals surface area contributed by atoms with E-state index in [1.165, 1.54) is 0 Å². The predicted octanol–water partition coefficient (Wildman–Crippen LogP) is -1.81. The molecule has 0 bridgehead atoms. The summed E-state index contributed by atoms with van der Waals surface area (Å²) in [5.74, 6) is -0.265. The summed E-state index contributed by atoms with van der Waals surface area (Å²) < 4.78 is 10.2. The second-order valence-corrected chi connectivity index (χ2v) is 3.20. The van der Waals surface area contributed by atoms with Gasteiger partial charge in [0.25, 0.3) is 0 Å². The number of carbonyl (C=O) groups is 1. The van der Waals surface area contributed by atoms with Crippen LogP contribution in [0.3, 0.4) is 0 Å². The Labute approximate surface area is 100 Å². The lowest BCUT2D eigenvalue weighted by molar-refractivity contribution is -0.120. The molecule has 0 aromatic heterocycles. The molecule has 0 saturated heterocycles. The van der Waals surface area contributed by atoms with E-state index >= 15 is 0 Å². The zero-order valence-electron chi connectivity index (χ0n) is 9.80. The molecule has 7 nitrogen and oxygen atoms in total. The van der Waals surface area contributed by atoms with Crippen molar-refractivity contribution in [2.45, 2.75) is 6.10 Å². The van der Waals surface area contributed by atoms with Gasteiger partial charge in [0.05, 0.1) is 39.1 Å². The predicted molar refractivity (Wildman–Crippen MR) is 62.2 cm³/mol. The molecule has 3 N–H and O–H groups in total. The van der Waals surface area contributed by atoms with Crippen molar-refractivity contribution in [3.05, 3.63) is 0 Å². The van der Waals surface area contributed by atoms with Crippen LogP contribution in [0, 0.1) is 0 Å². The minimum atomic E-state index is -0.471. The van der Waals surface area contributed by atoms with E-state index in [-0.39, 0.29) is 38.8 Å². The third-order valence-electron chi connectivity index (χ3n) is 1.80. The van der Waals surface area contributed by atoms with E-state index in [1.54, 1.807) is 0 Å². The minimum Gasteiger partial charge on any atom is -0.394 e. The number of hydrogen-bond acceptors (Lipinski definition) is 6. The summed E-state index contributed by atoms with van der Waals surface area (Å²) in [6.07, 6.45) is -0.471. The van der Waals surface area contributed by atoms with Gasteiger partial charge in [0.2, 0.25) is 5.91 Å². The molecule has 7 heteroatoms. The maximum atomic E-state index is 11.0. The Morgan fingerprint density at radius 3 is 2.71 bits per heavy atom. The lowest BCUT2D eigenvalue weighted by Gasteiger charge is -2.15. The van der Waals surface area contributed by atoms with E-state index in [1.807, 2.05) is 0 Å². The van der Waals surface area contributed by atoms with Gasteiger partial charge in [-0.25, -0.2) is 0 Å². The fourth-order valence-electron chi connectivity index (χ4n) is 1.00. The molecule has 0 spiro atoms. The van der Waals surface area contributed by atoms with E-state index in [0.29, 0.717) is 13.2 Å². The van der Waals surface area contributed by atoms with E-state index in [2.05, 4.69) is 17.0 Å². The first-order chi connectivity index (χ1) is 8.24. The van der Waals surface area contributed by atoms with Gasteiger partial charge >= 0.3 is 0 Å². The fourth-order valence-corrected chi connectivity index (χ4v) is 1.00. The Morgan fingerprint density at radius 1 is 1.35 bits per heavy atom. The summed E-state index contributed by atoms with van der Waals surface area (Å²) in [5, 5.41) is 20.0. The van der Waals surface area contributed by atoms with Crippen LogP contribution in [0.5, 0.6) is 0 Å². The first kappa shape index (κ1) is 16.0. The van der Waals surface area contributed by atoms with Crippen molar-refractivity contribution in [2.75, 3.05) is 46.1 Å². The molecule has 0 aliphatic heterocycles. The molecule has 0 rings (SSSR count). The normalized spacial score (nSPS) is 12.1. The smallest absolute Gasteiger partial charge is 0.241 e. The van der Waals surface area contributed by atoms with Crippen LogP contribution in [0.2, 0.25) is 0 Å². The van der Waals surface area contributed by atoms with Gasteiger partial charge in [-0.3, -0.25) is 9.79 Å². The average Bonchev–Trinajstić information content (AvgIpc) is 2.33. The highest BCUT2D eigenvalue weighted by Gasteiger charge is 2.09. The molecule has 0 aliphatic rings. The van der Waals surface area contributed by atoms with Crippen molar-refractivity contribution < 1.29 is 24.5 Å². The average molecular weight is 248 g/mol. The van der Waals surface area contributed by atoms with E-state index in [9.17, 15) is 4.79 Å². The van der Waals surface area contributed by atoms with Crippen molar-refractivity contribution in [3.63, 3.8) is 0 Å². The van der Waals surface area contributed by atoms with Gasteiger partial charge in [0.1, 0.15) is 6.54 Å². The highest BCUT2D eigenvalue weighted by atomic mass is 16.5. The van der Waals surface area contributed by atoms with Crippen molar-refractivity contribution in [3.8, 4) is 0 Å². The summed E-state index contributed by atoms with van der Waals surface area (Å²) in [6, 6.07) is 0. The van der Waals surface area contributed by atoms with Crippen LogP contribution in [0.4, 0.5) is 0 Å². The summed E-state index contributed by atoms with van der Waals surface area (Å²) in [7, 11) is 0. The van der Waals surface area contributed by atoms with Gasteiger partial charge in [-0.15, -0.1) is 0 Å². The van der Waals surface area contributed by atoms with E-state index in [4.69, 9.17) is 19.7 Å². The molecule has 1 amide bonds. The standard InChI is InChI=1S/C10H20N2O5/c1-11-7-10(15)12-6-9(8-14)17-5-4-16-3-2-13/h9,13-14H,1-8H2,(H,12,15). The fraction of sp³-hybridized carbons (Fsp3) is 0.800. The van der Waals surface area contributed by atoms with Gasteiger partial charge in [0.15, 0.2) is 0 Å². The monoisotopic (exact) mass is 248 g/mol. The Kier molecular flexibility index (Phi) is 10.8. The maximum absolute atomic E-state index is 11.0. The number of nitrogens with zero attached hydrogens (tertiary/aromatic N) is 1. The quantitative estimate of drug-likeness (QED) is 0.295. The number of carbonyl (C=O) groups excluding carboxylic acids is 1. The molecule has 0 aromatic rings. The molecule has 1 unspecified atom stereocenters. The molecule has 100 valence electrons. The van der Waals surface area contributed by atoms with Crippen molar-refractivity contribution >= 4 is 12.6 Å². The highest BCUT2D eigenvalue weighted by molar-refractivity contribution is 5.78. The van der Waals surface area contributed by atoms with Gasteiger partial charge in [-0.05, 0) is 6.72 Å². The minimum absolute atomic E-state index is 0.00222. The molecule has 0 heterocycles. The molecule has 0 aromatic carbocycles. The van der Waals surface area contributed by atoms with Crippen LogP contribution in [-0.2, 0) is 14.3 Å². The van der Waals surface area contributed by atoms with Crippen LogP contribution in [0.15, 0.2) is 4.99 Å². The first-order valence-corrected chi connectivity index (χ1v) is 5.34. The Morgan fingerprint density at radius 2 is 2.12 bits per heavy atom. The second kappa shape index (κ2) is 11.5. The number of rotatable bonds is 11. The zero-order valence-corrected chi connectivity index (χ0v) is 9.80. The SMILES string of the molecule is C=NCC(=O)NCC(CO)OCCOCCO. The van der Waals surface area contributed by atoms with Gasteiger partial charge in [0, 0.05) is 6.54 Å². The number of aliphatic hydroxyl groups is 2. The highest BCUT2D eigenvalue weighted by Crippen LogP contribution is 1.90. The number of aliphatic imine (C=N–C) groups is 1. The van der Waals surface area contributed by atoms with Crippen LogP contribution in [-0.4, -0.2) is 75.1 Å². The lowest BCUT2D eigenvalue weighted by Crippen LogP contribution is -2.37. The van der Waals surface area contributed by atoms with Gasteiger partial charge in [-0.2, -0.15) is 0 Å². The summed E-state index contributed by atoms with van der Waals surface area (Å²) in [6.45, 7) is 4.07. The number of nitrogens with one attached hydrogen (secondary N) is 1. The topological polar surface area (TPSA) is 100 Å². The van der Waals surface area contributed by atoms with Crippen molar-refractivity contribution in [1.82, 2.24) is 5.32 Å². The largest absolute Gasteiger partial charge is 0.394 e. The number of ether oxygens (including phenoxy) is 2. The molecular formula is C10H20N2O5. The Bertz CT molecular complexity index is 213. The summed E-state index contributed by atoms with van der Waals surface area (Å²) >= 11 is 0. The van der Waals surface area contributed by atoms with E-state index < -0.39 is 6.10 Å². The first-order valence-electron chi connectivity index (χ1n) is 5.34. The Balaban J connectivity index is 3.55. The molecule has 0 aliphatic carbocycles. The van der Waals surface area contributed by atoms with Crippen LogP contribution in [0.1, 0.15) is 0 Å². The third-order valence-corrected chi connectivity index (χ3v) is 1.80. The molecular weight excluding hydrogens is 228 g/mol. The summed E-state index contributed by atoms with van der Waals surface area (Å²) in [4.78, 5) is 14.5. The zero-order chi connectivity index (χ0) is 12.9. The Hall–Kier alpha value is -1.02. The van der Waals surface area contributed by atoms with Crippen LogP contribution < -0.4 is 5.32 Å². The van der Waals surface area contributed by atoms with E-state index in [0.717, 1.165) is 0 Å². The molecule has 17 heavy (non-hydrogen) atoms. The second-order valence-electron chi connectivity index (χ2n) is 3.20. The van der Waals surface area contributed by atoms with Crippen LogP contribution >= 0.6 is 0 Å².